The summed E-state index contributed by atoms with van der Waals surface area (Å²) in [6.45, 7) is 4.30. The maximum absolute atomic E-state index is 13.7. The molecule has 0 aliphatic heterocycles. The van der Waals surface area contributed by atoms with Crippen molar-refractivity contribution in [1.82, 2.24) is 15.0 Å². The minimum absolute atomic E-state index is 0.0263. The van der Waals surface area contributed by atoms with E-state index in [0.717, 1.165) is 52.0 Å². The Balaban J connectivity index is 1.70. The van der Waals surface area contributed by atoms with Crippen molar-refractivity contribution in [3.8, 4) is 16.8 Å². The first-order valence-electron chi connectivity index (χ1n) is 12.2. The predicted molar refractivity (Wildman–Crippen MR) is 146 cm³/mol. The number of rotatable bonds is 9. The third-order valence-electron chi connectivity index (χ3n) is 6.19. The molecule has 0 atom stereocenters. The van der Waals surface area contributed by atoms with E-state index in [1.54, 1.807) is 11.6 Å². The average Bonchev–Trinajstić information content (AvgIpc) is 2.93. The van der Waals surface area contributed by atoms with Gasteiger partial charge in [-0.2, -0.15) is 0 Å². The Bertz CT molecular complexity index is 1460. The van der Waals surface area contributed by atoms with Crippen LogP contribution in [0, 0.1) is 6.92 Å². The fraction of sp³-hybridized carbons (Fsp3) is 0.200. The summed E-state index contributed by atoms with van der Waals surface area (Å²) in [5.41, 5.74) is 8.68. The Kier molecular flexibility index (Phi) is 8.26. The highest BCUT2D eigenvalue weighted by atomic mass is 16.7. The smallest absolute Gasteiger partial charge is 0.320 e. The largest absolute Gasteiger partial charge is 0.345 e. The number of amidine groups is 1. The molecule has 7 heteroatoms. The van der Waals surface area contributed by atoms with Crippen molar-refractivity contribution in [3.63, 3.8) is 0 Å². The molecule has 7 nitrogen and oxygen atoms in total. The van der Waals surface area contributed by atoms with E-state index in [0.29, 0.717) is 24.6 Å². The first kappa shape index (κ1) is 25.6. The summed E-state index contributed by atoms with van der Waals surface area (Å²) in [6.07, 6.45) is 2.15. The third-order valence-corrected chi connectivity index (χ3v) is 6.19. The second-order valence-corrected chi connectivity index (χ2v) is 8.62. The summed E-state index contributed by atoms with van der Waals surface area (Å²) in [5, 5.41) is 0. The predicted octanol–water partition coefficient (Wildman–Crippen LogP) is 4.81. The van der Waals surface area contributed by atoms with Crippen molar-refractivity contribution < 1.29 is 9.63 Å². The molecule has 4 aromatic rings. The fourth-order valence-corrected chi connectivity index (χ4v) is 4.47. The number of para-hydroxylation sites is 1. The lowest BCUT2D eigenvalue weighted by atomic mass is 9.96. The van der Waals surface area contributed by atoms with E-state index < -0.39 is 0 Å². The normalized spacial score (nSPS) is 11.3. The Morgan fingerprint density at radius 1 is 1.03 bits per heavy atom. The Morgan fingerprint density at radius 2 is 1.73 bits per heavy atom. The molecular weight excluding hydrogens is 464 g/mol. The zero-order chi connectivity index (χ0) is 26.2. The maximum atomic E-state index is 13.7. The number of nitrogens with one attached hydrogen (secondary N) is 1. The second-order valence-electron chi connectivity index (χ2n) is 8.62. The van der Waals surface area contributed by atoms with Gasteiger partial charge in [0.1, 0.15) is 5.82 Å². The van der Waals surface area contributed by atoms with E-state index in [2.05, 4.69) is 17.4 Å². The zero-order valence-corrected chi connectivity index (χ0v) is 21.3. The highest BCUT2D eigenvalue weighted by Crippen LogP contribution is 2.25. The number of aryl methyl sites for hydroxylation is 2. The van der Waals surface area contributed by atoms with Crippen LogP contribution in [-0.2, 0) is 22.5 Å². The molecule has 1 aromatic heterocycles. The monoisotopic (exact) mass is 494 g/mol. The van der Waals surface area contributed by atoms with Gasteiger partial charge in [-0.25, -0.2) is 10.5 Å². The van der Waals surface area contributed by atoms with Crippen LogP contribution >= 0.6 is 0 Å². The lowest BCUT2D eigenvalue weighted by Crippen LogP contribution is -2.28. The molecule has 188 valence electrons. The van der Waals surface area contributed by atoms with Gasteiger partial charge in [0.25, 0.3) is 5.56 Å². The number of benzene rings is 3. The lowest BCUT2D eigenvalue weighted by Gasteiger charge is -2.16. The van der Waals surface area contributed by atoms with Gasteiger partial charge in [0, 0.05) is 24.6 Å². The van der Waals surface area contributed by atoms with Gasteiger partial charge in [0.2, 0.25) is 0 Å². The maximum Gasteiger partial charge on any atom is 0.320 e. The van der Waals surface area contributed by atoms with Gasteiger partial charge in [0.05, 0.1) is 11.4 Å². The molecule has 1 heterocycles. The van der Waals surface area contributed by atoms with E-state index in [9.17, 15) is 9.59 Å². The highest BCUT2D eigenvalue weighted by Gasteiger charge is 2.16. The van der Waals surface area contributed by atoms with Crippen LogP contribution in [0.1, 0.15) is 41.6 Å². The Morgan fingerprint density at radius 3 is 2.41 bits per heavy atom. The van der Waals surface area contributed by atoms with Crippen LogP contribution in [0.25, 0.3) is 16.8 Å². The molecule has 1 N–H and O–H groups in total. The second kappa shape index (κ2) is 11.9. The van der Waals surface area contributed by atoms with E-state index in [-0.39, 0.29) is 5.56 Å². The molecule has 0 unspecified atom stereocenters. The van der Waals surface area contributed by atoms with Crippen LogP contribution in [0.2, 0.25) is 0 Å². The Hall–Kier alpha value is -4.52. The van der Waals surface area contributed by atoms with Gasteiger partial charge in [-0.15, -0.1) is 0 Å². The molecule has 0 radical (unpaired) electrons. The molecule has 0 aliphatic rings. The van der Waals surface area contributed by atoms with Crippen molar-refractivity contribution in [2.45, 2.75) is 33.1 Å². The lowest BCUT2D eigenvalue weighted by molar-refractivity contribution is -0.132. The van der Waals surface area contributed by atoms with Crippen molar-refractivity contribution in [2.24, 2.45) is 4.99 Å². The SMILES string of the molecule is CCCc1nc(C)n(-c2ccccc2)c(=O)c1Cc1ccc(-c2ccccc2C(=NC)NOC=O)cc1. The standard InChI is InChI=1S/C30H30N4O3/c1-4-10-28-27(30(36)34(21(2)32-28)24-11-6-5-7-12-24)19-22-15-17-23(18-16-22)25-13-8-9-14-26(25)29(31-3)33-37-20-35/h5-9,11-18,20H,4,10,19H2,1-3H3,(H,31,33). The van der Waals surface area contributed by atoms with Crippen molar-refractivity contribution >= 4 is 12.3 Å². The van der Waals surface area contributed by atoms with Crippen LogP contribution in [-0.4, -0.2) is 28.9 Å². The van der Waals surface area contributed by atoms with Crippen LogP contribution < -0.4 is 11.0 Å². The number of hydroxylamine groups is 1. The summed E-state index contributed by atoms with van der Waals surface area (Å²) < 4.78 is 1.69. The van der Waals surface area contributed by atoms with Gasteiger partial charge in [0.15, 0.2) is 5.84 Å². The van der Waals surface area contributed by atoms with E-state index in [1.807, 2.05) is 85.8 Å². The number of hydrogen-bond acceptors (Lipinski definition) is 5. The summed E-state index contributed by atoms with van der Waals surface area (Å²) in [4.78, 5) is 38.1. The topological polar surface area (TPSA) is 85.6 Å². The van der Waals surface area contributed by atoms with Crippen LogP contribution in [0.3, 0.4) is 0 Å². The molecule has 4 rings (SSSR count). The summed E-state index contributed by atoms with van der Waals surface area (Å²) >= 11 is 0. The van der Waals surface area contributed by atoms with Crippen molar-refractivity contribution in [3.05, 3.63) is 117 Å². The van der Waals surface area contributed by atoms with Gasteiger partial charge < -0.3 is 4.84 Å². The van der Waals surface area contributed by atoms with Gasteiger partial charge >= 0.3 is 6.47 Å². The minimum Gasteiger partial charge on any atom is -0.345 e. The number of nitrogens with zero attached hydrogens (tertiary/aromatic N) is 3. The van der Waals surface area contributed by atoms with Gasteiger partial charge in [-0.3, -0.25) is 19.1 Å². The minimum atomic E-state index is -0.0263. The highest BCUT2D eigenvalue weighted by molar-refractivity contribution is 6.04. The number of carbonyl (C=O) groups is 1. The fourth-order valence-electron chi connectivity index (χ4n) is 4.47. The van der Waals surface area contributed by atoms with E-state index >= 15 is 0 Å². The van der Waals surface area contributed by atoms with Crippen molar-refractivity contribution in [2.75, 3.05) is 7.05 Å². The molecule has 0 bridgehead atoms. The molecule has 37 heavy (non-hydrogen) atoms. The Labute approximate surface area is 216 Å². The zero-order valence-electron chi connectivity index (χ0n) is 21.3. The summed E-state index contributed by atoms with van der Waals surface area (Å²) in [5.74, 6) is 1.14. The summed E-state index contributed by atoms with van der Waals surface area (Å²) in [6, 6.07) is 25.5. The third kappa shape index (κ3) is 5.67. The van der Waals surface area contributed by atoms with Gasteiger partial charge in [-0.1, -0.05) is 80.1 Å². The van der Waals surface area contributed by atoms with E-state index in [1.165, 1.54) is 0 Å². The molecule has 0 spiro atoms. The number of carbonyl (C=O) groups excluding carboxylic acids is 1. The molecule has 0 amide bonds. The van der Waals surface area contributed by atoms with Crippen LogP contribution in [0.5, 0.6) is 0 Å². The van der Waals surface area contributed by atoms with Crippen LogP contribution in [0.15, 0.2) is 88.6 Å². The average molecular weight is 495 g/mol. The number of aliphatic imine (C=N–C) groups is 1. The first-order valence-corrected chi connectivity index (χ1v) is 12.2. The quantitative estimate of drug-likeness (QED) is 0.156. The molecular formula is C30H30N4O3. The van der Waals surface area contributed by atoms with Crippen LogP contribution in [0.4, 0.5) is 0 Å². The molecule has 0 saturated heterocycles. The van der Waals surface area contributed by atoms with E-state index in [4.69, 9.17) is 9.82 Å². The summed E-state index contributed by atoms with van der Waals surface area (Å²) in [7, 11) is 1.63. The number of aromatic nitrogens is 2. The first-order chi connectivity index (χ1) is 18.1. The molecule has 0 saturated carbocycles. The molecule has 3 aromatic carbocycles. The number of hydrogen-bond donors (Lipinski definition) is 1. The molecule has 0 aliphatic carbocycles. The molecule has 0 fully saturated rings. The van der Waals surface area contributed by atoms with Gasteiger partial charge in [-0.05, 0) is 42.2 Å². The van der Waals surface area contributed by atoms with Crippen molar-refractivity contribution in [1.29, 1.82) is 0 Å².